The van der Waals surface area contributed by atoms with Gasteiger partial charge in [-0.2, -0.15) is 0 Å². The summed E-state index contributed by atoms with van der Waals surface area (Å²) in [5.74, 6) is 2.10. The van der Waals surface area contributed by atoms with Crippen molar-refractivity contribution in [1.29, 1.82) is 0 Å². The Balaban J connectivity index is 1.22. The number of hydrogen-bond donors (Lipinski definition) is 0. The van der Waals surface area contributed by atoms with Gasteiger partial charge in [-0.15, -0.1) is 0 Å². The zero-order valence-corrected chi connectivity index (χ0v) is 17.6. The summed E-state index contributed by atoms with van der Waals surface area (Å²) in [6, 6.07) is 9.91. The molecule has 30 heavy (non-hydrogen) atoms. The number of hydrogen-bond acceptors (Lipinski definition) is 5. The average molecular weight is 429 g/mol. The van der Waals surface area contributed by atoms with Gasteiger partial charge in [0, 0.05) is 51.1 Å². The number of halogens is 1. The van der Waals surface area contributed by atoms with Crippen molar-refractivity contribution in [3.05, 3.63) is 52.0 Å². The zero-order chi connectivity index (χ0) is 20.5. The average Bonchev–Trinajstić information content (AvgIpc) is 3.09. The molecule has 2 aromatic carbocycles. The molecule has 3 aliphatic rings. The fourth-order valence-electron chi connectivity index (χ4n) is 4.24. The number of carbonyl (C=O) groups excluding carboxylic acids is 1. The van der Waals surface area contributed by atoms with Crippen molar-refractivity contribution in [3.8, 4) is 17.2 Å². The number of nitrogens with zero attached hydrogens (tertiary/aromatic N) is 2. The number of fused-ring (bicyclic) bond motifs is 2. The van der Waals surface area contributed by atoms with Crippen molar-refractivity contribution >= 4 is 17.5 Å². The van der Waals surface area contributed by atoms with Gasteiger partial charge in [0.1, 0.15) is 5.75 Å². The molecule has 3 heterocycles. The van der Waals surface area contributed by atoms with Crippen LogP contribution in [0.1, 0.15) is 27.9 Å². The van der Waals surface area contributed by atoms with Crippen LogP contribution in [0, 0.1) is 0 Å². The van der Waals surface area contributed by atoms with Gasteiger partial charge in [-0.05, 0) is 29.3 Å². The van der Waals surface area contributed by atoms with E-state index in [9.17, 15) is 4.79 Å². The van der Waals surface area contributed by atoms with Gasteiger partial charge in [-0.3, -0.25) is 9.69 Å². The van der Waals surface area contributed by atoms with Gasteiger partial charge in [0.2, 0.25) is 0 Å². The van der Waals surface area contributed by atoms with Crippen LogP contribution in [0.4, 0.5) is 0 Å². The molecule has 0 N–H and O–H groups in total. The third kappa shape index (κ3) is 3.94. The topological polar surface area (TPSA) is 51.2 Å². The third-order valence-corrected chi connectivity index (χ3v) is 6.15. The van der Waals surface area contributed by atoms with E-state index in [1.165, 1.54) is 11.1 Å². The quantitative estimate of drug-likeness (QED) is 0.750. The van der Waals surface area contributed by atoms with Crippen LogP contribution < -0.4 is 14.2 Å². The first-order valence-corrected chi connectivity index (χ1v) is 10.9. The number of rotatable bonds is 3. The summed E-state index contributed by atoms with van der Waals surface area (Å²) in [4.78, 5) is 17.3. The standard InChI is InChI=1S/C23H25ClN2O4/c24-19-13-18(14-21-22(19)30-10-1-9-28-21)23(27)26-7-5-25(6-8-26)15-16-2-3-20-17(12-16)4-11-29-20/h2-3,12-14H,1,4-11,15H2. The van der Waals surface area contributed by atoms with E-state index in [4.69, 9.17) is 25.8 Å². The first kappa shape index (κ1) is 19.5. The molecule has 0 atom stereocenters. The van der Waals surface area contributed by atoms with E-state index < -0.39 is 0 Å². The van der Waals surface area contributed by atoms with Gasteiger partial charge in [0.25, 0.3) is 5.91 Å². The lowest BCUT2D eigenvalue weighted by Crippen LogP contribution is -2.48. The molecule has 7 heteroatoms. The molecule has 2 aromatic rings. The second-order valence-electron chi connectivity index (χ2n) is 7.94. The maximum absolute atomic E-state index is 13.1. The molecule has 0 radical (unpaired) electrons. The van der Waals surface area contributed by atoms with Crippen LogP contribution in [0.2, 0.25) is 5.02 Å². The lowest BCUT2D eigenvalue weighted by atomic mass is 10.1. The predicted molar refractivity (Wildman–Crippen MR) is 114 cm³/mol. The fraction of sp³-hybridized carbons (Fsp3) is 0.435. The summed E-state index contributed by atoms with van der Waals surface area (Å²) in [5, 5.41) is 0.428. The number of ether oxygens (including phenoxy) is 3. The Morgan fingerprint density at radius 2 is 1.73 bits per heavy atom. The smallest absolute Gasteiger partial charge is 0.254 e. The van der Waals surface area contributed by atoms with Gasteiger partial charge in [-0.25, -0.2) is 0 Å². The monoisotopic (exact) mass is 428 g/mol. The van der Waals surface area contributed by atoms with Crippen LogP contribution in [-0.2, 0) is 13.0 Å². The minimum atomic E-state index is -0.0122. The predicted octanol–water partition coefficient (Wildman–Crippen LogP) is 3.39. The van der Waals surface area contributed by atoms with Crippen molar-refractivity contribution in [2.24, 2.45) is 0 Å². The molecule has 5 rings (SSSR count). The third-order valence-electron chi connectivity index (χ3n) is 5.87. The van der Waals surface area contributed by atoms with Gasteiger partial charge >= 0.3 is 0 Å². The number of benzene rings is 2. The molecule has 1 fully saturated rings. The van der Waals surface area contributed by atoms with E-state index in [0.29, 0.717) is 48.4 Å². The Bertz CT molecular complexity index is 956. The molecule has 0 aromatic heterocycles. The molecule has 3 aliphatic heterocycles. The molecule has 158 valence electrons. The van der Waals surface area contributed by atoms with E-state index in [1.807, 2.05) is 4.90 Å². The molecular weight excluding hydrogens is 404 g/mol. The highest BCUT2D eigenvalue weighted by atomic mass is 35.5. The Morgan fingerprint density at radius 3 is 2.60 bits per heavy atom. The maximum atomic E-state index is 13.1. The second kappa shape index (κ2) is 8.36. The van der Waals surface area contributed by atoms with E-state index in [0.717, 1.165) is 44.8 Å². The second-order valence-corrected chi connectivity index (χ2v) is 8.35. The number of piperazine rings is 1. The van der Waals surface area contributed by atoms with E-state index in [1.54, 1.807) is 12.1 Å². The highest BCUT2D eigenvalue weighted by molar-refractivity contribution is 6.32. The summed E-state index contributed by atoms with van der Waals surface area (Å²) in [5.41, 5.74) is 3.15. The van der Waals surface area contributed by atoms with E-state index in [-0.39, 0.29) is 5.91 Å². The molecule has 1 saturated heterocycles. The first-order valence-electron chi connectivity index (χ1n) is 10.5. The summed E-state index contributed by atoms with van der Waals surface area (Å²) in [6.45, 7) is 5.88. The Labute approximate surface area is 181 Å². The van der Waals surface area contributed by atoms with Crippen LogP contribution in [-0.4, -0.2) is 61.7 Å². The molecule has 0 aliphatic carbocycles. The van der Waals surface area contributed by atoms with Crippen molar-refractivity contribution in [2.75, 3.05) is 46.0 Å². The Morgan fingerprint density at radius 1 is 0.933 bits per heavy atom. The van der Waals surface area contributed by atoms with Crippen molar-refractivity contribution in [3.63, 3.8) is 0 Å². The number of carbonyl (C=O) groups is 1. The molecule has 0 bridgehead atoms. The van der Waals surface area contributed by atoms with E-state index in [2.05, 4.69) is 23.1 Å². The number of amides is 1. The Hall–Kier alpha value is -2.44. The van der Waals surface area contributed by atoms with Gasteiger partial charge in [0.15, 0.2) is 11.5 Å². The molecule has 0 saturated carbocycles. The van der Waals surface area contributed by atoms with Crippen LogP contribution in [0.25, 0.3) is 0 Å². The van der Waals surface area contributed by atoms with Gasteiger partial charge in [0.05, 0.1) is 24.8 Å². The van der Waals surface area contributed by atoms with Crippen molar-refractivity contribution in [1.82, 2.24) is 9.80 Å². The van der Waals surface area contributed by atoms with Crippen molar-refractivity contribution < 1.29 is 19.0 Å². The summed E-state index contributed by atoms with van der Waals surface area (Å²) in [7, 11) is 0. The summed E-state index contributed by atoms with van der Waals surface area (Å²) in [6.07, 6.45) is 1.79. The summed E-state index contributed by atoms with van der Waals surface area (Å²) >= 11 is 6.36. The van der Waals surface area contributed by atoms with Crippen LogP contribution in [0.3, 0.4) is 0 Å². The maximum Gasteiger partial charge on any atom is 0.254 e. The lowest BCUT2D eigenvalue weighted by Gasteiger charge is -2.35. The molecular formula is C23H25ClN2O4. The molecule has 0 unspecified atom stereocenters. The SMILES string of the molecule is O=C(c1cc(Cl)c2c(c1)OCCCO2)N1CCN(Cc2ccc3c(c2)CCO3)CC1. The van der Waals surface area contributed by atoms with Gasteiger partial charge in [-0.1, -0.05) is 23.7 Å². The van der Waals surface area contributed by atoms with Gasteiger partial charge < -0.3 is 19.1 Å². The lowest BCUT2D eigenvalue weighted by molar-refractivity contribution is 0.0628. The minimum Gasteiger partial charge on any atom is -0.493 e. The molecule has 6 nitrogen and oxygen atoms in total. The van der Waals surface area contributed by atoms with Crippen molar-refractivity contribution in [2.45, 2.75) is 19.4 Å². The van der Waals surface area contributed by atoms with Crippen LogP contribution in [0.5, 0.6) is 17.2 Å². The van der Waals surface area contributed by atoms with Crippen LogP contribution in [0.15, 0.2) is 30.3 Å². The van der Waals surface area contributed by atoms with E-state index >= 15 is 0 Å². The first-order chi connectivity index (χ1) is 14.7. The normalized spacial score (nSPS) is 18.5. The summed E-state index contributed by atoms with van der Waals surface area (Å²) < 4.78 is 17.0. The largest absolute Gasteiger partial charge is 0.493 e. The minimum absolute atomic E-state index is 0.0122. The fourth-order valence-corrected chi connectivity index (χ4v) is 4.51. The highest BCUT2D eigenvalue weighted by Crippen LogP contribution is 2.38. The van der Waals surface area contributed by atoms with Crippen LogP contribution >= 0.6 is 11.6 Å². The zero-order valence-electron chi connectivity index (χ0n) is 16.9. The Kier molecular flexibility index (Phi) is 5.44. The molecule has 1 amide bonds. The molecule has 0 spiro atoms. The highest BCUT2D eigenvalue weighted by Gasteiger charge is 2.25.